The Kier molecular flexibility index (Phi) is 3.55. The van der Waals surface area contributed by atoms with Gasteiger partial charge < -0.3 is 11.1 Å². The number of nitrogens with one attached hydrogen (secondary N) is 1. The number of nitrogens with zero attached hydrogens (tertiary/aromatic N) is 2. The predicted octanol–water partition coefficient (Wildman–Crippen LogP) is 1.55. The van der Waals surface area contributed by atoms with Crippen LogP contribution in [0, 0.1) is 13.8 Å². The molecular formula is C14H18N4O. The number of hydrogen-bond donors (Lipinski definition) is 2. The van der Waals surface area contributed by atoms with Crippen LogP contribution in [-0.4, -0.2) is 15.7 Å². The Hall–Kier alpha value is -2.30. The van der Waals surface area contributed by atoms with Crippen LogP contribution in [0.4, 0.5) is 5.69 Å². The molecule has 5 heteroatoms. The van der Waals surface area contributed by atoms with E-state index in [0.717, 1.165) is 16.8 Å². The Morgan fingerprint density at radius 2 is 2.16 bits per heavy atom. The van der Waals surface area contributed by atoms with E-state index in [-0.39, 0.29) is 5.91 Å². The molecule has 5 nitrogen and oxygen atoms in total. The number of amides is 1. The summed E-state index contributed by atoms with van der Waals surface area (Å²) >= 11 is 0. The number of rotatable bonds is 3. The van der Waals surface area contributed by atoms with Crippen molar-refractivity contribution in [1.82, 2.24) is 15.1 Å². The van der Waals surface area contributed by atoms with Gasteiger partial charge in [-0.2, -0.15) is 5.10 Å². The average molecular weight is 258 g/mol. The van der Waals surface area contributed by atoms with E-state index in [0.29, 0.717) is 17.8 Å². The average Bonchev–Trinajstić information content (AvgIpc) is 2.68. The maximum atomic E-state index is 12.1. The molecule has 0 aliphatic rings. The van der Waals surface area contributed by atoms with Crippen LogP contribution < -0.4 is 11.1 Å². The molecule has 0 aliphatic heterocycles. The van der Waals surface area contributed by atoms with Crippen molar-refractivity contribution in [1.29, 1.82) is 0 Å². The van der Waals surface area contributed by atoms with Crippen molar-refractivity contribution in [2.45, 2.75) is 20.4 Å². The maximum Gasteiger partial charge on any atom is 0.251 e. The maximum absolute atomic E-state index is 12.1. The molecule has 0 saturated carbocycles. The smallest absolute Gasteiger partial charge is 0.251 e. The van der Waals surface area contributed by atoms with Gasteiger partial charge in [-0.1, -0.05) is 6.07 Å². The number of hydrogen-bond acceptors (Lipinski definition) is 3. The summed E-state index contributed by atoms with van der Waals surface area (Å²) in [5.41, 5.74) is 9.76. The first-order valence-electron chi connectivity index (χ1n) is 6.11. The fraction of sp³-hybridized carbons (Fsp3) is 0.286. The lowest BCUT2D eigenvalue weighted by Crippen LogP contribution is -2.23. The Morgan fingerprint density at radius 1 is 1.42 bits per heavy atom. The third-order valence-corrected chi connectivity index (χ3v) is 3.06. The van der Waals surface area contributed by atoms with Crippen LogP contribution in [0.3, 0.4) is 0 Å². The molecule has 0 radical (unpaired) electrons. The molecule has 1 amide bonds. The largest absolute Gasteiger partial charge is 0.399 e. The minimum Gasteiger partial charge on any atom is -0.399 e. The lowest BCUT2D eigenvalue weighted by molar-refractivity contribution is 0.0950. The first-order chi connectivity index (χ1) is 8.97. The molecule has 0 aliphatic carbocycles. The van der Waals surface area contributed by atoms with Gasteiger partial charge in [-0.15, -0.1) is 0 Å². The molecule has 0 unspecified atom stereocenters. The van der Waals surface area contributed by atoms with Crippen LogP contribution in [0.2, 0.25) is 0 Å². The Morgan fingerprint density at radius 3 is 2.79 bits per heavy atom. The third-order valence-electron chi connectivity index (χ3n) is 3.06. The number of aryl methyl sites for hydroxylation is 3. The van der Waals surface area contributed by atoms with Crippen LogP contribution in [-0.2, 0) is 13.6 Å². The highest BCUT2D eigenvalue weighted by Crippen LogP contribution is 2.13. The van der Waals surface area contributed by atoms with Gasteiger partial charge in [-0.3, -0.25) is 9.48 Å². The van der Waals surface area contributed by atoms with E-state index in [1.54, 1.807) is 16.8 Å². The molecule has 2 aromatic rings. The van der Waals surface area contributed by atoms with Crippen LogP contribution >= 0.6 is 0 Å². The molecule has 3 N–H and O–H groups in total. The second-order valence-corrected chi connectivity index (χ2v) is 4.67. The molecule has 0 spiro atoms. The Balaban J connectivity index is 2.09. The van der Waals surface area contributed by atoms with Crippen molar-refractivity contribution < 1.29 is 4.79 Å². The Labute approximate surface area is 112 Å². The summed E-state index contributed by atoms with van der Waals surface area (Å²) in [7, 11) is 1.86. The number of carbonyl (C=O) groups excluding carboxylic acids is 1. The zero-order valence-corrected chi connectivity index (χ0v) is 11.4. The van der Waals surface area contributed by atoms with Crippen molar-refractivity contribution in [3.63, 3.8) is 0 Å². The molecular weight excluding hydrogens is 240 g/mol. The van der Waals surface area contributed by atoms with Gasteiger partial charge in [0, 0.05) is 36.6 Å². The highest BCUT2D eigenvalue weighted by molar-refractivity contribution is 5.96. The third kappa shape index (κ3) is 2.93. The van der Waals surface area contributed by atoms with E-state index < -0.39 is 0 Å². The summed E-state index contributed by atoms with van der Waals surface area (Å²) < 4.78 is 1.74. The molecule has 0 bridgehead atoms. The highest BCUT2D eigenvalue weighted by atomic mass is 16.1. The van der Waals surface area contributed by atoms with Gasteiger partial charge in [0.15, 0.2) is 0 Å². The van der Waals surface area contributed by atoms with Gasteiger partial charge in [0.25, 0.3) is 5.91 Å². The highest BCUT2D eigenvalue weighted by Gasteiger charge is 2.10. The van der Waals surface area contributed by atoms with Crippen molar-refractivity contribution in [2.75, 3.05) is 5.73 Å². The molecule has 0 fully saturated rings. The van der Waals surface area contributed by atoms with Gasteiger partial charge in [0.1, 0.15) is 0 Å². The molecule has 100 valence electrons. The topological polar surface area (TPSA) is 72.9 Å². The second kappa shape index (κ2) is 5.14. The molecule has 1 aromatic carbocycles. The van der Waals surface area contributed by atoms with Crippen LogP contribution in [0.15, 0.2) is 24.4 Å². The van der Waals surface area contributed by atoms with Crippen LogP contribution in [0.25, 0.3) is 0 Å². The SMILES string of the molecule is Cc1ccc(N)cc1C(=O)NCc1cn(C)nc1C. The van der Waals surface area contributed by atoms with Crippen molar-refractivity contribution >= 4 is 11.6 Å². The number of benzene rings is 1. The van der Waals surface area contributed by atoms with E-state index in [1.165, 1.54) is 0 Å². The van der Waals surface area contributed by atoms with E-state index in [1.807, 2.05) is 33.2 Å². The van der Waals surface area contributed by atoms with E-state index in [2.05, 4.69) is 10.4 Å². The molecule has 19 heavy (non-hydrogen) atoms. The first-order valence-corrected chi connectivity index (χ1v) is 6.11. The van der Waals surface area contributed by atoms with E-state index >= 15 is 0 Å². The number of aromatic nitrogens is 2. The summed E-state index contributed by atoms with van der Waals surface area (Å²) in [5, 5.41) is 7.13. The molecule has 1 heterocycles. The summed E-state index contributed by atoms with van der Waals surface area (Å²) in [5.74, 6) is -0.118. The predicted molar refractivity (Wildman–Crippen MR) is 74.7 cm³/mol. The molecule has 0 saturated heterocycles. The lowest BCUT2D eigenvalue weighted by Gasteiger charge is -2.08. The normalized spacial score (nSPS) is 10.5. The second-order valence-electron chi connectivity index (χ2n) is 4.67. The summed E-state index contributed by atoms with van der Waals surface area (Å²) in [4.78, 5) is 12.1. The number of nitrogen functional groups attached to an aromatic ring is 1. The van der Waals surface area contributed by atoms with Gasteiger partial charge in [0.2, 0.25) is 0 Å². The summed E-state index contributed by atoms with van der Waals surface area (Å²) in [6, 6.07) is 5.33. The number of carbonyl (C=O) groups is 1. The zero-order chi connectivity index (χ0) is 14.0. The zero-order valence-electron chi connectivity index (χ0n) is 11.4. The van der Waals surface area contributed by atoms with Crippen molar-refractivity contribution in [2.24, 2.45) is 7.05 Å². The monoisotopic (exact) mass is 258 g/mol. The van der Waals surface area contributed by atoms with E-state index in [4.69, 9.17) is 5.73 Å². The number of anilines is 1. The molecule has 1 aromatic heterocycles. The van der Waals surface area contributed by atoms with Gasteiger partial charge >= 0.3 is 0 Å². The molecule has 2 rings (SSSR count). The van der Waals surface area contributed by atoms with Gasteiger partial charge in [-0.05, 0) is 31.5 Å². The number of nitrogens with two attached hydrogens (primary N) is 1. The Bertz CT molecular complexity index is 616. The van der Waals surface area contributed by atoms with Gasteiger partial charge in [0.05, 0.1) is 5.69 Å². The standard InChI is InChI=1S/C14H18N4O/c1-9-4-5-12(15)6-13(9)14(19)16-7-11-8-18(3)17-10(11)2/h4-6,8H,7,15H2,1-3H3,(H,16,19). The first kappa shape index (κ1) is 13.1. The van der Waals surface area contributed by atoms with Crippen molar-refractivity contribution in [3.05, 3.63) is 46.8 Å². The van der Waals surface area contributed by atoms with Crippen molar-refractivity contribution in [3.8, 4) is 0 Å². The van der Waals surface area contributed by atoms with Gasteiger partial charge in [-0.25, -0.2) is 0 Å². The fourth-order valence-corrected chi connectivity index (χ4v) is 1.98. The minimum absolute atomic E-state index is 0.118. The summed E-state index contributed by atoms with van der Waals surface area (Å²) in [6.07, 6.45) is 1.90. The van der Waals surface area contributed by atoms with Crippen LogP contribution in [0.5, 0.6) is 0 Å². The quantitative estimate of drug-likeness (QED) is 0.820. The summed E-state index contributed by atoms with van der Waals surface area (Å²) in [6.45, 7) is 4.28. The molecule has 0 atom stereocenters. The lowest BCUT2D eigenvalue weighted by atomic mass is 10.1. The van der Waals surface area contributed by atoms with Crippen LogP contribution in [0.1, 0.15) is 27.2 Å². The fourth-order valence-electron chi connectivity index (χ4n) is 1.98. The minimum atomic E-state index is -0.118. The van der Waals surface area contributed by atoms with E-state index in [9.17, 15) is 4.79 Å².